The normalized spacial score (nSPS) is 12.2. The first-order chi connectivity index (χ1) is 12.1. The molecule has 3 amide bonds. The lowest BCUT2D eigenvalue weighted by molar-refractivity contribution is 0.0919. The molecule has 0 aromatic heterocycles. The summed E-state index contributed by atoms with van der Waals surface area (Å²) in [6.45, 7) is 7.65. The third-order valence-electron chi connectivity index (χ3n) is 3.59. The van der Waals surface area contributed by atoms with Crippen LogP contribution in [0.2, 0.25) is 5.02 Å². The number of amides is 3. The van der Waals surface area contributed by atoms with Gasteiger partial charge in [-0.3, -0.25) is 4.79 Å². The van der Waals surface area contributed by atoms with Gasteiger partial charge >= 0.3 is 6.03 Å². The molecule has 2 rings (SSSR count). The molecule has 0 saturated heterocycles. The summed E-state index contributed by atoms with van der Waals surface area (Å²) >= 11 is 5.97. The minimum Gasteiger partial charge on any atom is -0.347 e. The lowest BCUT2D eigenvalue weighted by atomic mass is 10.1. The first kappa shape index (κ1) is 19.8. The van der Waals surface area contributed by atoms with Crippen molar-refractivity contribution in [3.63, 3.8) is 0 Å². The number of benzene rings is 2. The van der Waals surface area contributed by atoms with Crippen LogP contribution < -0.4 is 16.0 Å². The monoisotopic (exact) mass is 373 g/mol. The van der Waals surface area contributed by atoms with Crippen LogP contribution in [0, 0.1) is 0 Å². The Bertz CT molecular complexity index is 782. The number of urea groups is 1. The topological polar surface area (TPSA) is 70.2 Å². The number of rotatable bonds is 4. The summed E-state index contributed by atoms with van der Waals surface area (Å²) in [7, 11) is 0. The van der Waals surface area contributed by atoms with Crippen molar-refractivity contribution in [3.8, 4) is 0 Å². The first-order valence-electron chi connectivity index (χ1n) is 8.39. The smallest absolute Gasteiger partial charge is 0.319 e. The van der Waals surface area contributed by atoms with Gasteiger partial charge in [0.15, 0.2) is 0 Å². The van der Waals surface area contributed by atoms with E-state index in [2.05, 4.69) is 16.0 Å². The molecule has 2 aromatic carbocycles. The van der Waals surface area contributed by atoms with Crippen molar-refractivity contribution < 1.29 is 9.59 Å². The predicted octanol–water partition coefficient (Wildman–Crippen LogP) is 4.75. The first-order valence-corrected chi connectivity index (χ1v) is 8.77. The zero-order valence-electron chi connectivity index (χ0n) is 15.4. The van der Waals surface area contributed by atoms with Gasteiger partial charge in [-0.1, -0.05) is 23.7 Å². The fraction of sp³-hybridized carbons (Fsp3) is 0.300. The van der Waals surface area contributed by atoms with Gasteiger partial charge in [0.2, 0.25) is 0 Å². The number of halogens is 1. The van der Waals surface area contributed by atoms with E-state index in [4.69, 9.17) is 11.6 Å². The number of nitrogens with one attached hydrogen (secondary N) is 3. The highest BCUT2D eigenvalue weighted by Gasteiger charge is 2.15. The van der Waals surface area contributed by atoms with Crippen molar-refractivity contribution in [2.75, 3.05) is 5.32 Å². The molecule has 0 aliphatic carbocycles. The second-order valence-corrected chi connectivity index (χ2v) is 7.59. The van der Waals surface area contributed by atoms with Crippen LogP contribution in [0.5, 0.6) is 0 Å². The zero-order valence-corrected chi connectivity index (χ0v) is 16.1. The average Bonchev–Trinajstić information content (AvgIpc) is 2.53. The highest BCUT2D eigenvalue weighted by atomic mass is 35.5. The largest absolute Gasteiger partial charge is 0.347 e. The Balaban J connectivity index is 1.94. The minimum absolute atomic E-state index is 0.150. The van der Waals surface area contributed by atoms with Gasteiger partial charge in [-0.15, -0.1) is 0 Å². The molecule has 138 valence electrons. The molecule has 5 nitrogen and oxygen atoms in total. The Labute approximate surface area is 159 Å². The van der Waals surface area contributed by atoms with Crippen LogP contribution in [0.15, 0.2) is 48.5 Å². The quantitative estimate of drug-likeness (QED) is 0.723. The number of anilines is 1. The number of hydrogen-bond acceptors (Lipinski definition) is 2. The van der Waals surface area contributed by atoms with E-state index in [0.29, 0.717) is 16.3 Å². The standard InChI is InChI=1S/C20H24ClN3O2/c1-13(15-6-5-7-16(21)12-15)22-19(26)23-17-10-8-14(9-11-17)18(25)24-20(2,3)4/h5-13H,1-4H3,(H,24,25)(H2,22,23,26)/t13-/m1/s1. The maximum absolute atomic E-state index is 12.2. The fourth-order valence-corrected chi connectivity index (χ4v) is 2.54. The van der Waals surface area contributed by atoms with E-state index in [1.54, 1.807) is 30.3 Å². The molecule has 0 radical (unpaired) electrons. The summed E-state index contributed by atoms with van der Waals surface area (Å²) in [5.41, 5.74) is 1.76. The fourth-order valence-electron chi connectivity index (χ4n) is 2.34. The summed E-state index contributed by atoms with van der Waals surface area (Å²) in [4.78, 5) is 24.3. The highest BCUT2D eigenvalue weighted by Crippen LogP contribution is 2.18. The van der Waals surface area contributed by atoms with E-state index >= 15 is 0 Å². The van der Waals surface area contributed by atoms with Crippen molar-refractivity contribution >= 4 is 29.2 Å². The van der Waals surface area contributed by atoms with Crippen molar-refractivity contribution in [2.24, 2.45) is 0 Å². The summed E-state index contributed by atoms with van der Waals surface area (Å²) in [5, 5.41) is 9.13. The maximum Gasteiger partial charge on any atom is 0.319 e. The van der Waals surface area contributed by atoms with Crippen LogP contribution in [0.4, 0.5) is 10.5 Å². The van der Waals surface area contributed by atoms with E-state index in [1.807, 2.05) is 45.9 Å². The molecule has 0 spiro atoms. The van der Waals surface area contributed by atoms with Gasteiger partial charge in [-0.25, -0.2) is 4.79 Å². The molecule has 6 heteroatoms. The van der Waals surface area contributed by atoms with E-state index < -0.39 is 0 Å². The molecule has 0 fully saturated rings. The van der Waals surface area contributed by atoms with Gasteiger partial charge in [0.1, 0.15) is 0 Å². The van der Waals surface area contributed by atoms with E-state index in [9.17, 15) is 9.59 Å². The third-order valence-corrected chi connectivity index (χ3v) is 3.82. The Morgan fingerprint density at radius 2 is 1.69 bits per heavy atom. The number of carbonyl (C=O) groups is 2. The van der Waals surface area contributed by atoms with Gasteiger partial charge in [-0.05, 0) is 69.7 Å². The van der Waals surface area contributed by atoms with Crippen LogP contribution in [0.1, 0.15) is 49.7 Å². The molecule has 2 aromatic rings. The number of hydrogen-bond donors (Lipinski definition) is 3. The van der Waals surface area contributed by atoms with E-state index in [0.717, 1.165) is 5.56 Å². The Morgan fingerprint density at radius 3 is 2.27 bits per heavy atom. The molecule has 3 N–H and O–H groups in total. The summed E-state index contributed by atoms with van der Waals surface area (Å²) in [5.74, 6) is -0.150. The van der Waals surface area contributed by atoms with Crippen LogP contribution in [0.3, 0.4) is 0 Å². The van der Waals surface area contributed by atoms with Crippen LogP contribution >= 0.6 is 11.6 Å². The minimum atomic E-state index is -0.329. The maximum atomic E-state index is 12.2. The van der Waals surface area contributed by atoms with E-state index in [1.165, 1.54) is 0 Å². The van der Waals surface area contributed by atoms with Crippen molar-refractivity contribution in [3.05, 3.63) is 64.7 Å². The van der Waals surface area contributed by atoms with Gasteiger partial charge in [0.25, 0.3) is 5.91 Å². The van der Waals surface area contributed by atoms with Gasteiger partial charge in [-0.2, -0.15) is 0 Å². The molecule has 0 aliphatic heterocycles. The summed E-state index contributed by atoms with van der Waals surface area (Å²) < 4.78 is 0. The second kappa shape index (κ2) is 8.23. The molecule has 26 heavy (non-hydrogen) atoms. The third kappa shape index (κ3) is 6.08. The van der Waals surface area contributed by atoms with Crippen LogP contribution in [0.25, 0.3) is 0 Å². The van der Waals surface area contributed by atoms with Crippen LogP contribution in [-0.2, 0) is 0 Å². The Hall–Kier alpha value is -2.53. The Kier molecular flexibility index (Phi) is 6.27. The molecular weight excluding hydrogens is 350 g/mol. The van der Waals surface area contributed by atoms with Crippen LogP contribution in [-0.4, -0.2) is 17.5 Å². The molecule has 0 bridgehead atoms. The molecule has 0 saturated carbocycles. The second-order valence-electron chi connectivity index (χ2n) is 7.16. The van der Waals surface area contributed by atoms with Gasteiger partial charge in [0.05, 0.1) is 6.04 Å². The molecule has 0 heterocycles. The van der Waals surface area contributed by atoms with Gasteiger partial charge < -0.3 is 16.0 Å². The van der Waals surface area contributed by atoms with E-state index in [-0.39, 0.29) is 23.5 Å². The highest BCUT2D eigenvalue weighted by molar-refractivity contribution is 6.30. The van der Waals surface area contributed by atoms with Crippen molar-refractivity contribution in [2.45, 2.75) is 39.3 Å². The Morgan fingerprint density at radius 1 is 1.04 bits per heavy atom. The summed E-state index contributed by atoms with van der Waals surface area (Å²) in [6, 6.07) is 13.6. The van der Waals surface area contributed by atoms with Crippen molar-refractivity contribution in [1.29, 1.82) is 0 Å². The predicted molar refractivity (Wildman–Crippen MR) is 106 cm³/mol. The molecule has 0 aliphatic rings. The SMILES string of the molecule is C[C@@H](NC(=O)Nc1ccc(C(=O)NC(C)(C)C)cc1)c1cccc(Cl)c1. The molecular formula is C20H24ClN3O2. The number of carbonyl (C=O) groups excluding carboxylic acids is 2. The zero-order chi connectivity index (χ0) is 19.3. The van der Waals surface area contributed by atoms with Gasteiger partial charge in [0, 0.05) is 21.8 Å². The average molecular weight is 374 g/mol. The lowest BCUT2D eigenvalue weighted by Crippen LogP contribution is -2.40. The molecule has 0 unspecified atom stereocenters. The lowest BCUT2D eigenvalue weighted by Gasteiger charge is -2.20. The summed E-state index contributed by atoms with van der Waals surface area (Å²) in [6.07, 6.45) is 0. The van der Waals surface area contributed by atoms with Crippen molar-refractivity contribution in [1.82, 2.24) is 10.6 Å². The molecule has 1 atom stereocenters.